The molecule has 0 spiro atoms. The second-order valence-corrected chi connectivity index (χ2v) is 4.55. The van der Waals surface area contributed by atoms with Crippen molar-refractivity contribution in [2.45, 2.75) is 13.5 Å². The summed E-state index contributed by atoms with van der Waals surface area (Å²) in [7, 11) is 0. The summed E-state index contributed by atoms with van der Waals surface area (Å²) < 4.78 is 0. The molecule has 0 aliphatic rings. The van der Waals surface area contributed by atoms with Crippen LogP contribution in [0.3, 0.4) is 0 Å². The number of carbonyl (C=O) groups is 1. The highest BCUT2D eigenvalue weighted by Gasteiger charge is 2.07. The number of aliphatic hydroxyl groups excluding tert-OH is 1. The minimum absolute atomic E-state index is 0.170. The summed E-state index contributed by atoms with van der Waals surface area (Å²) in [6.45, 7) is 2.09. The number of nitrogens with one attached hydrogen (secondary N) is 1. The maximum Gasteiger partial charge on any atom is 0.253 e. The van der Waals surface area contributed by atoms with Crippen LogP contribution in [0.15, 0.2) is 42.7 Å². The summed E-state index contributed by atoms with van der Waals surface area (Å²) in [5.41, 5.74) is 3.19. The predicted octanol–water partition coefficient (Wildman–Crippen LogP) is 1.66. The van der Waals surface area contributed by atoms with Crippen LogP contribution in [-0.4, -0.2) is 22.6 Å². The van der Waals surface area contributed by atoms with Gasteiger partial charge in [-0.05, 0) is 30.2 Å². The average molecular weight is 280 g/mol. The Morgan fingerprint density at radius 2 is 2.14 bits per heavy atom. The van der Waals surface area contributed by atoms with Gasteiger partial charge in [-0.15, -0.1) is 0 Å². The van der Waals surface area contributed by atoms with Gasteiger partial charge in [-0.25, -0.2) is 0 Å². The topological polar surface area (TPSA) is 62.2 Å². The first-order chi connectivity index (χ1) is 10.2. The second kappa shape index (κ2) is 7.22. The molecule has 0 saturated carbocycles. The van der Waals surface area contributed by atoms with Gasteiger partial charge in [0.05, 0.1) is 5.56 Å². The van der Waals surface area contributed by atoms with Crippen molar-refractivity contribution in [1.82, 2.24) is 10.3 Å². The Kier molecular flexibility index (Phi) is 5.08. The van der Waals surface area contributed by atoms with E-state index < -0.39 is 0 Å². The zero-order chi connectivity index (χ0) is 15.1. The van der Waals surface area contributed by atoms with E-state index in [4.69, 9.17) is 5.11 Å². The fourth-order valence-corrected chi connectivity index (χ4v) is 1.89. The summed E-state index contributed by atoms with van der Waals surface area (Å²) in [5.74, 6) is 5.32. The molecular formula is C17H16N2O2. The smallest absolute Gasteiger partial charge is 0.253 e. The van der Waals surface area contributed by atoms with Crippen LogP contribution >= 0.6 is 0 Å². The highest BCUT2D eigenvalue weighted by Crippen LogP contribution is 2.08. The van der Waals surface area contributed by atoms with E-state index in [1.807, 2.05) is 31.2 Å². The SMILES string of the molecule is Cc1cncc(C(=O)NCc2ccccc2C#CCO)c1. The molecule has 0 aliphatic heterocycles. The molecule has 0 unspecified atom stereocenters. The number of rotatable bonds is 3. The van der Waals surface area contributed by atoms with Gasteiger partial charge in [0.15, 0.2) is 0 Å². The largest absolute Gasteiger partial charge is 0.384 e. The third kappa shape index (κ3) is 4.16. The summed E-state index contributed by atoms with van der Waals surface area (Å²) in [5, 5.41) is 11.6. The van der Waals surface area contributed by atoms with Gasteiger partial charge < -0.3 is 10.4 Å². The van der Waals surface area contributed by atoms with Crippen molar-refractivity contribution in [2.75, 3.05) is 6.61 Å². The number of aryl methyl sites for hydroxylation is 1. The predicted molar refractivity (Wildman–Crippen MR) is 80.6 cm³/mol. The number of hydrogen-bond donors (Lipinski definition) is 2. The number of nitrogens with zero attached hydrogens (tertiary/aromatic N) is 1. The van der Waals surface area contributed by atoms with Crippen molar-refractivity contribution in [3.63, 3.8) is 0 Å². The number of benzene rings is 1. The van der Waals surface area contributed by atoms with Crippen LogP contribution in [0.25, 0.3) is 0 Å². The lowest BCUT2D eigenvalue weighted by atomic mass is 10.1. The van der Waals surface area contributed by atoms with Crippen molar-refractivity contribution < 1.29 is 9.90 Å². The van der Waals surface area contributed by atoms with Crippen molar-refractivity contribution in [3.8, 4) is 11.8 Å². The Morgan fingerprint density at radius 1 is 1.33 bits per heavy atom. The molecule has 1 aromatic heterocycles. The molecule has 0 atom stereocenters. The lowest BCUT2D eigenvalue weighted by Gasteiger charge is -2.07. The van der Waals surface area contributed by atoms with Crippen molar-refractivity contribution >= 4 is 5.91 Å². The molecule has 0 bridgehead atoms. The normalized spacial score (nSPS) is 9.62. The number of carbonyl (C=O) groups excluding carboxylic acids is 1. The van der Waals surface area contributed by atoms with Gasteiger partial charge in [-0.3, -0.25) is 9.78 Å². The summed E-state index contributed by atoms with van der Waals surface area (Å²) in [6.07, 6.45) is 3.25. The van der Waals surface area contributed by atoms with Gasteiger partial charge >= 0.3 is 0 Å². The zero-order valence-corrected chi connectivity index (χ0v) is 11.8. The van der Waals surface area contributed by atoms with E-state index in [1.165, 1.54) is 0 Å². The van der Waals surface area contributed by atoms with Gasteiger partial charge in [-0.1, -0.05) is 30.0 Å². The van der Waals surface area contributed by atoms with E-state index in [-0.39, 0.29) is 12.5 Å². The third-order valence-corrected chi connectivity index (χ3v) is 2.90. The van der Waals surface area contributed by atoms with Crippen LogP contribution in [0, 0.1) is 18.8 Å². The van der Waals surface area contributed by atoms with Gasteiger partial charge in [0, 0.05) is 24.5 Å². The second-order valence-electron chi connectivity index (χ2n) is 4.55. The van der Waals surface area contributed by atoms with Gasteiger partial charge in [0.2, 0.25) is 0 Å². The molecule has 106 valence electrons. The van der Waals surface area contributed by atoms with Crippen LogP contribution in [0.1, 0.15) is 27.0 Å². The minimum Gasteiger partial charge on any atom is -0.384 e. The fraction of sp³-hybridized carbons (Fsp3) is 0.176. The third-order valence-electron chi connectivity index (χ3n) is 2.90. The van der Waals surface area contributed by atoms with Crippen LogP contribution in [0.2, 0.25) is 0 Å². The lowest BCUT2D eigenvalue weighted by molar-refractivity contribution is 0.0950. The molecule has 0 fully saturated rings. The van der Waals surface area contributed by atoms with E-state index in [9.17, 15) is 4.79 Å². The number of amides is 1. The number of pyridine rings is 1. The minimum atomic E-state index is -0.185. The van der Waals surface area contributed by atoms with Gasteiger partial charge in [0.25, 0.3) is 5.91 Å². The molecule has 0 saturated heterocycles. The quantitative estimate of drug-likeness (QED) is 0.841. The first-order valence-corrected chi connectivity index (χ1v) is 6.58. The molecule has 4 nitrogen and oxygen atoms in total. The van der Waals surface area contributed by atoms with Gasteiger partial charge in [0.1, 0.15) is 6.61 Å². The van der Waals surface area contributed by atoms with Crippen LogP contribution < -0.4 is 5.32 Å². The molecular weight excluding hydrogens is 264 g/mol. The van der Waals surface area contributed by atoms with E-state index in [0.29, 0.717) is 12.1 Å². The lowest BCUT2D eigenvalue weighted by Crippen LogP contribution is -2.23. The molecule has 2 rings (SSSR count). The molecule has 4 heteroatoms. The monoisotopic (exact) mass is 280 g/mol. The highest BCUT2D eigenvalue weighted by atomic mass is 16.2. The molecule has 0 aliphatic carbocycles. The molecule has 1 aromatic carbocycles. The van der Waals surface area contributed by atoms with Crippen molar-refractivity contribution in [1.29, 1.82) is 0 Å². The van der Waals surface area contributed by atoms with E-state index >= 15 is 0 Å². The fourth-order valence-electron chi connectivity index (χ4n) is 1.89. The maximum absolute atomic E-state index is 12.1. The number of hydrogen-bond acceptors (Lipinski definition) is 3. The van der Waals surface area contributed by atoms with Crippen LogP contribution in [-0.2, 0) is 6.54 Å². The van der Waals surface area contributed by atoms with Crippen molar-refractivity contribution in [2.24, 2.45) is 0 Å². The number of aliphatic hydroxyl groups is 1. The summed E-state index contributed by atoms with van der Waals surface area (Å²) in [6, 6.07) is 9.31. The van der Waals surface area contributed by atoms with E-state index in [2.05, 4.69) is 22.1 Å². The Hall–Kier alpha value is -2.64. The Morgan fingerprint density at radius 3 is 2.90 bits per heavy atom. The molecule has 0 radical (unpaired) electrons. The summed E-state index contributed by atoms with van der Waals surface area (Å²) >= 11 is 0. The number of aromatic nitrogens is 1. The maximum atomic E-state index is 12.1. The average Bonchev–Trinajstić information content (AvgIpc) is 2.51. The molecule has 1 amide bonds. The van der Waals surface area contributed by atoms with Crippen LogP contribution in [0.4, 0.5) is 0 Å². The van der Waals surface area contributed by atoms with E-state index in [1.54, 1.807) is 18.5 Å². The summed E-state index contributed by atoms with van der Waals surface area (Å²) in [4.78, 5) is 16.1. The Balaban J connectivity index is 2.08. The zero-order valence-electron chi connectivity index (χ0n) is 11.8. The van der Waals surface area contributed by atoms with E-state index in [0.717, 1.165) is 16.7 Å². The first-order valence-electron chi connectivity index (χ1n) is 6.58. The highest BCUT2D eigenvalue weighted by molar-refractivity contribution is 5.93. The molecule has 2 N–H and O–H groups in total. The van der Waals surface area contributed by atoms with Crippen molar-refractivity contribution in [3.05, 3.63) is 65.0 Å². The molecule has 1 heterocycles. The molecule has 2 aromatic rings. The standard InChI is InChI=1S/C17H16N2O2/c1-13-9-16(11-18-10-13)17(21)19-12-15-6-3-2-5-14(15)7-4-8-20/h2-3,5-6,9-11,20H,8,12H2,1H3,(H,19,21). The Labute approximate surface area is 123 Å². The molecule has 21 heavy (non-hydrogen) atoms. The first kappa shape index (κ1) is 14.8. The van der Waals surface area contributed by atoms with Gasteiger partial charge in [-0.2, -0.15) is 0 Å². The Bertz CT molecular complexity index is 699. The van der Waals surface area contributed by atoms with Crippen LogP contribution in [0.5, 0.6) is 0 Å².